The van der Waals surface area contributed by atoms with E-state index in [1.807, 2.05) is 38.1 Å². The molecule has 1 aromatic carbocycles. The molecule has 0 aliphatic heterocycles. The zero-order chi connectivity index (χ0) is 15.6. The van der Waals surface area contributed by atoms with Gasteiger partial charge in [-0.05, 0) is 43.7 Å². The van der Waals surface area contributed by atoms with E-state index >= 15 is 0 Å². The zero-order valence-electron chi connectivity index (χ0n) is 11.5. The van der Waals surface area contributed by atoms with Crippen molar-refractivity contribution in [1.29, 1.82) is 0 Å². The number of carbonyl (C=O) groups excluding carboxylic acids is 1. The summed E-state index contributed by atoms with van der Waals surface area (Å²) in [5, 5.41) is 3.34. The number of pyridine rings is 1. The van der Waals surface area contributed by atoms with E-state index in [0.29, 0.717) is 5.56 Å². The Bertz CT molecular complexity index is 652. The Hall–Kier alpha value is -1.10. The molecule has 0 saturated heterocycles. The third-order valence-electron chi connectivity index (χ3n) is 3.02. The second-order valence-corrected chi connectivity index (χ2v) is 6.78. The first kappa shape index (κ1) is 16.3. The van der Waals surface area contributed by atoms with E-state index in [0.717, 1.165) is 10.0 Å². The smallest absolute Gasteiger partial charge is 0.252 e. The predicted octanol–water partition coefficient (Wildman–Crippen LogP) is 4.82. The quantitative estimate of drug-likeness (QED) is 0.767. The van der Waals surface area contributed by atoms with Crippen LogP contribution in [0.25, 0.3) is 0 Å². The molecule has 0 bridgehead atoms. The molecule has 0 unspecified atom stereocenters. The highest BCUT2D eigenvalue weighted by Crippen LogP contribution is 2.23. The lowest BCUT2D eigenvalue weighted by Gasteiger charge is -2.27. The van der Waals surface area contributed by atoms with E-state index in [2.05, 4.69) is 26.2 Å². The van der Waals surface area contributed by atoms with Crippen LogP contribution in [0.2, 0.25) is 10.3 Å². The van der Waals surface area contributed by atoms with Crippen LogP contribution in [0.3, 0.4) is 0 Å². The van der Waals surface area contributed by atoms with Gasteiger partial charge in [-0.15, -0.1) is 0 Å². The maximum absolute atomic E-state index is 12.3. The minimum Gasteiger partial charge on any atom is -0.343 e. The lowest BCUT2D eigenvalue weighted by molar-refractivity contribution is 0.0912. The van der Waals surface area contributed by atoms with Crippen molar-refractivity contribution < 1.29 is 4.79 Å². The Morgan fingerprint density at radius 1 is 1.14 bits per heavy atom. The molecule has 0 atom stereocenters. The van der Waals surface area contributed by atoms with Crippen molar-refractivity contribution in [3.05, 3.63) is 62.3 Å². The summed E-state index contributed by atoms with van der Waals surface area (Å²) in [6, 6.07) is 10.8. The third-order valence-corrected chi connectivity index (χ3v) is 3.93. The Balaban J connectivity index is 2.23. The molecule has 21 heavy (non-hydrogen) atoms. The second-order valence-electron chi connectivity index (χ2n) is 5.09. The van der Waals surface area contributed by atoms with Crippen LogP contribution >= 0.6 is 39.1 Å². The predicted molar refractivity (Wildman–Crippen MR) is 88.9 cm³/mol. The monoisotopic (exact) mass is 386 g/mol. The summed E-state index contributed by atoms with van der Waals surface area (Å²) in [5.74, 6) is -0.255. The summed E-state index contributed by atoms with van der Waals surface area (Å²) in [6.07, 6.45) is 0. The van der Waals surface area contributed by atoms with Gasteiger partial charge in [-0.1, -0.05) is 51.3 Å². The number of carbonyl (C=O) groups is 1. The summed E-state index contributed by atoms with van der Waals surface area (Å²) >= 11 is 15.0. The molecule has 2 rings (SSSR count). The lowest BCUT2D eigenvalue weighted by Crippen LogP contribution is -2.41. The molecule has 6 heteroatoms. The highest BCUT2D eigenvalue weighted by atomic mass is 79.9. The molecule has 1 aromatic heterocycles. The van der Waals surface area contributed by atoms with E-state index in [9.17, 15) is 4.79 Å². The van der Waals surface area contributed by atoms with Gasteiger partial charge in [0.25, 0.3) is 5.91 Å². The number of halogens is 3. The van der Waals surface area contributed by atoms with E-state index in [4.69, 9.17) is 23.2 Å². The molecule has 1 amide bonds. The number of nitrogens with zero attached hydrogens (tertiary/aromatic N) is 1. The van der Waals surface area contributed by atoms with E-state index in [1.54, 1.807) is 0 Å². The summed E-state index contributed by atoms with van der Waals surface area (Å²) in [7, 11) is 0. The molecule has 1 N–H and O–H groups in total. The van der Waals surface area contributed by atoms with E-state index in [1.165, 1.54) is 12.1 Å². The van der Waals surface area contributed by atoms with Gasteiger partial charge in [-0.2, -0.15) is 0 Å². The first-order valence-electron chi connectivity index (χ1n) is 6.19. The first-order chi connectivity index (χ1) is 9.78. The average molecular weight is 388 g/mol. The minimum atomic E-state index is -0.528. The number of hydrogen-bond acceptors (Lipinski definition) is 2. The number of benzene rings is 1. The van der Waals surface area contributed by atoms with Crippen LogP contribution < -0.4 is 5.32 Å². The number of nitrogens with one attached hydrogen (secondary N) is 1. The third kappa shape index (κ3) is 4.19. The maximum Gasteiger partial charge on any atom is 0.252 e. The highest BCUT2D eigenvalue weighted by Gasteiger charge is 2.23. The summed E-state index contributed by atoms with van der Waals surface area (Å²) < 4.78 is 0.987. The Morgan fingerprint density at radius 3 is 2.19 bits per heavy atom. The minimum absolute atomic E-state index is 0.189. The maximum atomic E-state index is 12.3. The van der Waals surface area contributed by atoms with Crippen molar-refractivity contribution in [1.82, 2.24) is 10.3 Å². The summed E-state index contributed by atoms with van der Waals surface area (Å²) in [5.41, 5.74) is 0.843. The molecule has 0 saturated carbocycles. The van der Waals surface area contributed by atoms with Gasteiger partial charge in [0.05, 0.1) is 5.54 Å². The first-order valence-corrected chi connectivity index (χ1v) is 7.74. The average Bonchev–Trinajstić information content (AvgIpc) is 2.37. The van der Waals surface area contributed by atoms with Crippen molar-refractivity contribution in [3.8, 4) is 0 Å². The number of hydrogen-bond donors (Lipinski definition) is 1. The van der Waals surface area contributed by atoms with E-state index in [-0.39, 0.29) is 16.2 Å². The van der Waals surface area contributed by atoms with Crippen LogP contribution in [-0.2, 0) is 5.54 Å². The molecule has 110 valence electrons. The fourth-order valence-corrected chi connectivity index (χ4v) is 2.62. The number of amides is 1. The molecule has 0 fully saturated rings. The van der Waals surface area contributed by atoms with Gasteiger partial charge < -0.3 is 5.32 Å². The SMILES string of the molecule is CC(C)(NC(=O)c1cc(Cl)nc(Cl)c1)c1ccc(Br)cc1. The standard InChI is InChI=1S/C15H13BrCl2N2O/c1-15(2,10-3-5-11(16)6-4-10)20-14(21)9-7-12(17)19-13(18)8-9/h3-8H,1-2H3,(H,20,21). The van der Waals surface area contributed by atoms with Crippen molar-refractivity contribution in [2.75, 3.05) is 0 Å². The van der Waals surface area contributed by atoms with Gasteiger partial charge in [-0.3, -0.25) is 4.79 Å². The topological polar surface area (TPSA) is 42.0 Å². The largest absolute Gasteiger partial charge is 0.343 e. The molecular formula is C15H13BrCl2N2O. The molecule has 0 radical (unpaired) electrons. The Labute approximate surface area is 141 Å². The summed E-state index contributed by atoms with van der Waals surface area (Å²) in [4.78, 5) is 16.2. The lowest BCUT2D eigenvalue weighted by atomic mass is 9.94. The van der Waals surface area contributed by atoms with Crippen molar-refractivity contribution in [3.63, 3.8) is 0 Å². The summed E-state index contributed by atoms with van der Waals surface area (Å²) in [6.45, 7) is 3.86. The van der Waals surface area contributed by atoms with Crippen LogP contribution in [0.5, 0.6) is 0 Å². The van der Waals surface area contributed by atoms with E-state index < -0.39 is 5.54 Å². The normalized spacial score (nSPS) is 11.3. The Kier molecular flexibility index (Phi) is 4.91. The fraction of sp³-hybridized carbons (Fsp3) is 0.200. The molecule has 3 nitrogen and oxygen atoms in total. The van der Waals surface area contributed by atoms with Crippen molar-refractivity contribution in [2.24, 2.45) is 0 Å². The van der Waals surface area contributed by atoms with Crippen LogP contribution in [0.4, 0.5) is 0 Å². The second kappa shape index (κ2) is 6.34. The zero-order valence-corrected chi connectivity index (χ0v) is 14.6. The van der Waals surface area contributed by atoms with Gasteiger partial charge in [0.15, 0.2) is 0 Å². The molecule has 1 heterocycles. The number of aromatic nitrogens is 1. The molecule has 2 aromatic rings. The molecule has 0 aliphatic rings. The highest BCUT2D eigenvalue weighted by molar-refractivity contribution is 9.10. The molecular weight excluding hydrogens is 375 g/mol. The Morgan fingerprint density at radius 2 is 1.67 bits per heavy atom. The van der Waals surface area contributed by atoms with Crippen LogP contribution in [0, 0.1) is 0 Å². The fourth-order valence-electron chi connectivity index (χ4n) is 1.89. The molecule has 0 spiro atoms. The number of rotatable bonds is 3. The van der Waals surface area contributed by atoms with Gasteiger partial charge >= 0.3 is 0 Å². The van der Waals surface area contributed by atoms with Crippen molar-refractivity contribution >= 4 is 45.0 Å². The van der Waals surface area contributed by atoms with Gasteiger partial charge in [0, 0.05) is 10.0 Å². The van der Waals surface area contributed by atoms with Gasteiger partial charge in [0.1, 0.15) is 10.3 Å². The van der Waals surface area contributed by atoms with Gasteiger partial charge in [-0.25, -0.2) is 4.98 Å². The van der Waals surface area contributed by atoms with Crippen molar-refractivity contribution in [2.45, 2.75) is 19.4 Å². The van der Waals surface area contributed by atoms with Crippen LogP contribution in [0.1, 0.15) is 29.8 Å². The van der Waals surface area contributed by atoms with Crippen LogP contribution in [-0.4, -0.2) is 10.9 Å². The van der Waals surface area contributed by atoms with Gasteiger partial charge in [0.2, 0.25) is 0 Å². The van der Waals surface area contributed by atoms with Crippen LogP contribution in [0.15, 0.2) is 40.9 Å². The molecule has 0 aliphatic carbocycles.